The van der Waals surface area contributed by atoms with E-state index in [1.165, 1.54) is 6.08 Å². The number of nitrogens with zero attached hydrogens (tertiary/aromatic N) is 2. The van der Waals surface area contributed by atoms with Gasteiger partial charge in [-0.05, 0) is 48.1 Å². The molecule has 1 aromatic carbocycles. The van der Waals surface area contributed by atoms with Crippen molar-refractivity contribution in [2.75, 3.05) is 5.32 Å². The topological polar surface area (TPSA) is 46.9 Å². The smallest absolute Gasteiger partial charge is 0.248 e. The van der Waals surface area contributed by atoms with Crippen molar-refractivity contribution in [2.45, 2.75) is 31.6 Å². The molecule has 4 nitrogen and oxygen atoms in total. The highest BCUT2D eigenvalue weighted by molar-refractivity contribution is 6.02. The van der Waals surface area contributed by atoms with Crippen LogP contribution in [0.15, 0.2) is 61.5 Å². The Bertz CT molecular complexity index is 1150. The molecular weight excluding hydrogens is 396 g/mol. The van der Waals surface area contributed by atoms with Crippen molar-refractivity contribution < 1.29 is 13.6 Å². The minimum absolute atomic E-state index is 0.0320. The van der Waals surface area contributed by atoms with Gasteiger partial charge in [-0.1, -0.05) is 36.9 Å². The van der Waals surface area contributed by atoms with E-state index in [9.17, 15) is 13.6 Å². The zero-order valence-corrected chi connectivity index (χ0v) is 17.4. The minimum Gasteiger partial charge on any atom is -0.335 e. The minimum atomic E-state index is -2.50. The van der Waals surface area contributed by atoms with E-state index in [4.69, 9.17) is 0 Å². The van der Waals surface area contributed by atoms with Crippen LogP contribution < -0.4 is 5.32 Å². The number of hydrogen-bond donors (Lipinski definition) is 1. The molecule has 0 saturated heterocycles. The summed E-state index contributed by atoms with van der Waals surface area (Å²) in [6.07, 6.45) is 9.93. The molecule has 31 heavy (non-hydrogen) atoms. The van der Waals surface area contributed by atoms with Crippen LogP contribution in [-0.2, 0) is 11.8 Å². The van der Waals surface area contributed by atoms with Gasteiger partial charge in [-0.3, -0.25) is 4.79 Å². The molecule has 0 spiro atoms. The summed E-state index contributed by atoms with van der Waals surface area (Å²) in [6, 6.07) is 10.0. The number of allylic oxidation sites excluding steroid dienone is 1. The number of fused-ring (bicyclic) bond motifs is 1. The summed E-state index contributed by atoms with van der Waals surface area (Å²) in [7, 11) is 1.93. The van der Waals surface area contributed by atoms with Gasteiger partial charge in [-0.15, -0.1) is 0 Å². The van der Waals surface area contributed by atoms with Gasteiger partial charge in [0.25, 0.3) is 0 Å². The Morgan fingerprint density at radius 3 is 2.81 bits per heavy atom. The number of pyridine rings is 1. The van der Waals surface area contributed by atoms with Crippen LogP contribution in [-0.4, -0.2) is 21.4 Å². The average Bonchev–Trinajstić information content (AvgIpc) is 3.09. The number of hydrogen-bond acceptors (Lipinski definition) is 2. The van der Waals surface area contributed by atoms with Crippen molar-refractivity contribution >= 4 is 28.7 Å². The first-order chi connectivity index (χ1) is 14.8. The van der Waals surface area contributed by atoms with Crippen molar-refractivity contribution in [3.8, 4) is 11.1 Å². The normalized spacial score (nSPS) is 16.6. The summed E-state index contributed by atoms with van der Waals surface area (Å²) in [6.45, 7) is 3.48. The van der Waals surface area contributed by atoms with Crippen LogP contribution in [0.1, 0.15) is 31.2 Å². The predicted octanol–water partition coefficient (Wildman–Crippen LogP) is 6.20. The van der Waals surface area contributed by atoms with Gasteiger partial charge in [0, 0.05) is 37.0 Å². The Labute approximate surface area is 180 Å². The molecule has 1 amide bonds. The summed E-state index contributed by atoms with van der Waals surface area (Å²) in [4.78, 5) is 16.1. The SMILES string of the molecule is C=CC(=O)Nc1cnc2c(c1)c(-c1cccc(C=CC3CCC(F)(F)CC3)c1)cn2C. The van der Waals surface area contributed by atoms with Crippen LogP contribution in [0.5, 0.6) is 0 Å². The van der Waals surface area contributed by atoms with Crippen molar-refractivity contribution in [3.05, 3.63) is 67.0 Å². The second kappa shape index (κ2) is 8.46. The largest absolute Gasteiger partial charge is 0.335 e. The molecule has 160 valence electrons. The number of aryl methyl sites for hydroxylation is 1. The lowest BCUT2D eigenvalue weighted by molar-refractivity contribution is -0.111. The number of anilines is 1. The molecule has 1 aliphatic carbocycles. The molecule has 0 bridgehead atoms. The van der Waals surface area contributed by atoms with E-state index >= 15 is 0 Å². The summed E-state index contributed by atoms with van der Waals surface area (Å²) in [5, 5.41) is 3.68. The number of benzene rings is 1. The first-order valence-electron chi connectivity index (χ1n) is 10.4. The van der Waals surface area contributed by atoms with Gasteiger partial charge in [0.2, 0.25) is 11.8 Å². The highest BCUT2D eigenvalue weighted by Gasteiger charge is 2.33. The van der Waals surface area contributed by atoms with Crippen molar-refractivity contribution in [1.82, 2.24) is 9.55 Å². The maximum Gasteiger partial charge on any atom is 0.248 e. The third kappa shape index (κ3) is 4.74. The molecular formula is C25H25F2N3O. The van der Waals surface area contributed by atoms with Gasteiger partial charge in [-0.2, -0.15) is 0 Å². The Kier molecular flexibility index (Phi) is 5.72. The molecule has 4 rings (SSSR count). The number of alkyl halides is 2. The van der Waals surface area contributed by atoms with Crippen LogP contribution in [0.4, 0.5) is 14.5 Å². The maximum absolute atomic E-state index is 13.4. The summed E-state index contributed by atoms with van der Waals surface area (Å²) < 4.78 is 28.7. The fourth-order valence-electron chi connectivity index (χ4n) is 4.06. The van der Waals surface area contributed by atoms with E-state index in [-0.39, 0.29) is 24.7 Å². The molecule has 3 aromatic rings. The second-order valence-electron chi connectivity index (χ2n) is 8.12. The fourth-order valence-corrected chi connectivity index (χ4v) is 4.06. The predicted molar refractivity (Wildman–Crippen MR) is 121 cm³/mol. The highest BCUT2D eigenvalue weighted by atomic mass is 19.3. The molecule has 2 heterocycles. The Morgan fingerprint density at radius 1 is 1.29 bits per heavy atom. The third-order valence-electron chi connectivity index (χ3n) is 5.79. The second-order valence-corrected chi connectivity index (χ2v) is 8.12. The maximum atomic E-state index is 13.4. The molecule has 0 unspecified atom stereocenters. The molecule has 1 fully saturated rings. The standard InChI is InChI=1S/C25H25F2N3O/c1-3-23(31)29-20-14-21-22(16-30(2)24(21)28-15-20)19-6-4-5-18(13-19)8-7-17-9-11-25(26,27)12-10-17/h3-8,13-17H,1,9-12H2,2H3,(H,29,31). The van der Waals surface area contributed by atoms with E-state index in [0.717, 1.165) is 27.7 Å². The lowest BCUT2D eigenvalue weighted by atomic mass is 9.86. The number of aromatic nitrogens is 2. The van der Waals surface area contributed by atoms with Gasteiger partial charge in [-0.25, -0.2) is 13.8 Å². The van der Waals surface area contributed by atoms with Gasteiger partial charge in [0.05, 0.1) is 11.9 Å². The van der Waals surface area contributed by atoms with Crippen LogP contribution in [0.2, 0.25) is 0 Å². The number of rotatable bonds is 5. The number of halogens is 2. The lowest BCUT2D eigenvalue weighted by Crippen LogP contribution is -2.23. The van der Waals surface area contributed by atoms with Crippen molar-refractivity contribution in [2.24, 2.45) is 13.0 Å². The van der Waals surface area contributed by atoms with Crippen LogP contribution in [0.3, 0.4) is 0 Å². The zero-order valence-electron chi connectivity index (χ0n) is 17.4. The number of amides is 1. The summed E-state index contributed by atoms with van der Waals surface area (Å²) in [5.74, 6) is -2.59. The average molecular weight is 421 g/mol. The van der Waals surface area contributed by atoms with E-state index < -0.39 is 5.92 Å². The van der Waals surface area contributed by atoms with Gasteiger partial charge >= 0.3 is 0 Å². The third-order valence-corrected chi connectivity index (χ3v) is 5.79. The number of nitrogens with one attached hydrogen (secondary N) is 1. The van der Waals surface area contributed by atoms with Gasteiger partial charge in [0.15, 0.2) is 0 Å². The van der Waals surface area contributed by atoms with Crippen LogP contribution in [0, 0.1) is 5.92 Å². The fraction of sp³-hybridized carbons (Fsp3) is 0.280. The Balaban J connectivity index is 1.61. The highest BCUT2D eigenvalue weighted by Crippen LogP contribution is 2.37. The lowest BCUT2D eigenvalue weighted by Gasteiger charge is -2.26. The molecule has 1 saturated carbocycles. The summed E-state index contributed by atoms with van der Waals surface area (Å²) >= 11 is 0. The molecule has 0 radical (unpaired) electrons. The van der Waals surface area contributed by atoms with Crippen molar-refractivity contribution in [1.29, 1.82) is 0 Å². The quantitative estimate of drug-likeness (QED) is 0.498. The number of carbonyl (C=O) groups is 1. The molecule has 6 heteroatoms. The van der Waals surface area contributed by atoms with E-state index in [1.807, 2.05) is 48.2 Å². The first-order valence-corrected chi connectivity index (χ1v) is 10.4. The monoisotopic (exact) mass is 421 g/mol. The van der Waals surface area contributed by atoms with E-state index in [2.05, 4.69) is 29.0 Å². The first kappa shape index (κ1) is 21.0. The number of carbonyl (C=O) groups excluding carboxylic acids is 1. The molecule has 2 aromatic heterocycles. The molecule has 1 aliphatic rings. The summed E-state index contributed by atoms with van der Waals surface area (Å²) in [5.41, 5.74) is 4.48. The molecule has 0 aliphatic heterocycles. The van der Waals surface area contributed by atoms with Crippen LogP contribution in [0.25, 0.3) is 28.2 Å². The molecule has 1 N–H and O–H groups in total. The van der Waals surface area contributed by atoms with Gasteiger partial charge in [0.1, 0.15) is 5.65 Å². The van der Waals surface area contributed by atoms with Crippen molar-refractivity contribution in [3.63, 3.8) is 0 Å². The van der Waals surface area contributed by atoms with Crippen LogP contribution >= 0.6 is 0 Å². The Morgan fingerprint density at radius 2 is 2.06 bits per heavy atom. The van der Waals surface area contributed by atoms with Gasteiger partial charge < -0.3 is 9.88 Å². The Hall–Kier alpha value is -3.28. The van der Waals surface area contributed by atoms with E-state index in [1.54, 1.807) is 6.20 Å². The molecule has 0 atom stereocenters. The van der Waals surface area contributed by atoms with E-state index in [0.29, 0.717) is 18.5 Å². The zero-order chi connectivity index (χ0) is 22.0.